The molecule has 0 aliphatic carbocycles. The fraction of sp³-hybridized carbons (Fsp3) is 0.769. The van der Waals surface area contributed by atoms with Crippen LogP contribution in [-0.2, 0) is 6.54 Å². The van der Waals surface area contributed by atoms with Gasteiger partial charge in [0.15, 0.2) is 0 Å². The van der Waals surface area contributed by atoms with Crippen molar-refractivity contribution in [2.75, 3.05) is 13.1 Å². The molecule has 1 heterocycles. The van der Waals surface area contributed by atoms with Crippen LogP contribution in [0.25, 0.3) is 0 Å². The van der Waals surface area contributed by atoms with Crippen LogP contribution < -0.4 is 5.32 Å². The standard InChI is InChI=1S/C13H25N3/c1-11(2)5-6-14-7-9-16-10-8-15-13(16)12(3)4/h8,10-12,14H,5-7,9H2,1-4H3. The Morgan fingerprint density at radius 1 is 1.25 bits per heavy atom. The molecule has 0 aliphatic heterocycles. The number of hydrogen-bond donors (Lipinski definition) is 1. The number of nitrogens with zero attached hydrogens (tertiary/aromatic N) is 2. The van der Waals surface area contributed by atoms with E-state index in [2.05, 4.69) is 48.8 Å². The molecule has 3 nitrogen and oxygen atoms in total. The van der Waals surface area contributed by atoms with E-state index < -0.39 is 0 Å². The maximum atomic E-state index is 4.38. The van der Waals surface area contributed by atoms with Gasteiger partial charge in [-0.25, -0.2) is 4.98 Å². The van der Waals surface area contributed by atoms with Gasteiger partial charge in [0, 0.05) is 31.4 Å². The van der Waals surface area contributed by atoms with Gasteiger partial charge < -0.3 is 9.88 Å². The van der Waals surface area contributed by atoms with Crippen LogP contribution >= 0.6 is 0 Å². The lowest BCUT2D eigenvalue weighted by Crippen LogP contribution is -2.22. The third-order valence-corrected chi connectivity index (χ3v) is 2.69. The van der Waals surface area contributed by atoms with Crippen LogP contribution in [-0.4, -0.2) is 22.6 Å². The third kappa shape index (κ3) is 4.35. The molecular weight excluding hydrogens is 198 g/mol. The lowest BCUT2D eigenvalue weighted by molar-refractivity contribution is 0.511. The quantitative estimate of drug-likeness (QED) is 0.720. The highest BCUT2D eigenvalue weighted by Crippen LogP contribution is 2.10. The van der Waals surface area contributed by atoms with Crippen LogP contribution in [0.5, 0.6) is 0 Å². The SMILES string of the molecule is CC(C)CCNCCn1ccnc1C(C)C. The molecule has 1 aromatic rings. The minimum atomic E-state index is 0.505. The molecule has 0 unspecified atom stereocenters. The molecule has 0 fully saturated rings. The van der Waals surface area contributed by atoms with E-state index in [4.69, 9.17) is 0 Å². The minimum Gasteiger partial charge on any atom is -0.333 e. The first kappa shape index (κ1) is 13.2. The van der Waals surface area contributed by atoms with Gasteiger partial charge in [0.05, 0.1) is 0 Å². The summed E-state index contributed by atoms with van der Waals surface area (Å²) < 4.78 is 2.24. The number of imidazole rings is 1. The summed E-state index contributed by atoms with van der Waals surface area (Å²) in [6, 6.07) is 0. The normalized spacial score (nSPS) is 11.6. The summed E-state index contributed by atoms with van der Waals surface area (Å²) in [7, 11) is 0. The van der Waals surface area contributed by atoms with Crippen molar-refractivity contribution < 1.29 is 0 Å². The van der Waals surface area contributed by atoms with Crippen molar-refractivity contribution in [1.82, 2.24) is 14.9 Å². The summed E-state index contributed by atoms with van der Waals surface area (Å²) in [6.07, 6.45) is 5.21. The van der Waals surface area contributed by atoms with E-state index in [1.54, 1.807) is 0 Å². The van der Waals surface area contributed by atoms with E-state index in [0.717, 1.165) is 25.6 Å². The van der Waals surface area contributed by atoms with Crippen molar-refractivity contribution in [3.63, 3.8) is 0 Å². The Morgan fingerprint density at radius 3 is 2.62 bits per heavy atom. The maximum Gasteiger partial charge on any atom is 0.111 e. The summed E-state index contributed by atoms with van der Waals surface area (Å²) in [4.78, 5) is 4.38. The van der Waals surface area contributed by atoms with Gasteiger partial charge in [0.2, 0.25) is 0 Å². The van der Waals surface area contributed by atoms with Gasteiger partial charge in [0.1, 0.15) is 5.82 Å². The summed E-state index contributed by atoms with van der Waals surface area (Å²) in [5.74, 6) is 2.48. The molecule has 0 saturated heterocycles. The maximum absolute atomic E-state index is 4.38. The van der Waals surface area contributed by atoms with E-state index in [0.29, 0.717) is 5.92 Å². The second-order valence-corrected chi connectivity index (χ2v) is 5.07. The van der Waals surface area contributed by atoms with Gasteiger partial charge in [0.25, 0.3) is 0 Å². The largest absolute Gasteiger partial charge is 0.333 e. The summed E-state index contributed by atoms with van der Waals surface area (Å²) in [6.45, 7) is 12.1. The molecule has 0 radical (unpaired) electrons. The van der Waals surface area contributed by atoms with Crippen molar-refractivity contribution >= 4 is 0 Å². The van der Waals surface area contributed by atoms with Crippen molar-refractivity contribution in [3.05, 3.63) is 18.2 Å². The average Bonchev–Trinajstić information content (AvgIpc) is 2.65. The highest BCUT2D eigenvalue weighted by Gasteiger charge is 2.05. The van der Waals surface area contributed by atoms with Crippen LogP contribution in [0.3, 0.4) is 0 Å². The number of rotatable bonds is 7. The predicted octanol–water partition coefficient (Wildman–Crippen LogP) is 2.64. The van der Waals surface area contributed by atoms with E-state index in [9.17, 15) is 0 Å². The Kier molecular flexibility index (Phi) is 5.53. The van der Waals surface area contributed by atoms with Gasteiger partial charge in [-0.3, -0.25) is 0 Å². The highest BCUT2D eigenvalue weighted by atomic mass is 15.1. The lowest BCUT2D eigenvalue weighted by Gasteiger charge is -2.11. The van der Waals surface area contributed by atoms with Crippen LogP contribution in [0.1, 0.15) is 45.9 Å². The second-order valence-electron chi connectivity index (χ2n) is 5.07. The zero-order valence-electron chi connectivity index (χ0n) is 11.0. The third-order valence-electron chi connectivity index (χ3n) is 2.69. The Bertz CT molecular complexity index is 289. The van der Waals surface area contributed by atoms with E-state index in [1.807, 2.05) is 6.20 Å². The molecule has 1 rings (SSSR count). The molecule has 3 heteroatoms. The molecule has 0 aliphatic rings. The van der Waals surface area contributed by atoms with E-state index in [1.165, 1.54) is 12.2 Å². The summed E-state index contributed by atoms with van der Waals surface area (Å²) >= 11 is 0. The Labute approximate surface area is 99.3 Å². The van der Waals surface area contributed by atoms with Gasteiger partial charge in [-0.15, -0.1) is 0 Å². The fourth-order valence-electron chi connectivity index (χ4n) is 1.73. The first-order chi connectivity index (χ1) is 7.61. The number of aromatic nitrogens is 2. The predicted molar refractivity (Wildman–Crippen MR) is 68.6 cm³/mol. The van der Waals surface area contributed by atoms with Crippen LogP contribution in [0.4, 0.5) is 0 Å². The molecule has 92 valence electrons. The molecule has 16 heavy (non-hydrogen) atoms. The molecular formula is C13H25N3. The Balaban J connectivity index is 2.24. The summed E-state index contributed by atoms with van der Waals surface area (Å²) in [5.41, 5.74) is 0. The second kappa shape index (κ2) is 6.69. The van der Waals surface area contributed by atoms with Crippen LogP contribution in [0.15, 0.2) is 12.4 Å². The zero-order valence-corrected chi connectivity index (χ0v) is 11.0. The minimum absolute atomic E-state index is 0.505. The lowest BCUT2D eigenvalue weighted by atomic mass is 10.1. The molecule has 0 amide bonds. The van der Waals surface area contributed by atoms with Gasteiger partial charge >= 0.3 is 0 Å². The molecule has 0 bridgehead atoms. The van der Waals surface area contributed by atoms with Gasteiger partial charge in [-0.2, -0.15) is 0 Å². The smallest absolute Gasteiger partial charge is 0.111 e. The van der Waals surface area contributed by atoms with Crippen molar-refractivity contribution in [2.45, 2.75) is 46.6 Å². The van der Waals surface area contributed by atoms with Gasteiger partial charge in [-0.05, 0) is 18.9 Å². The molecule has 1 N–H and O–H groups in total. The van der Waals surface area contributed by atoms with Gasteiger partial charge in [-0.1, -0.05) is 27.7 Å². The highest BCUT2D eigenvalue weighted by molar-refractivity contribution is 4.97. The topological polar surface area (TPSA) is 29.9 Å². The molecule has 0 spiro atoms. The Hall–Kier alpha value is -0.830. The van der Waals surface area contributed by atoms with E-state index >= 15 is 0 Å². The zero-order chi connectivity index (χ0) is 12.0. The first-order valence-electron chi connectivity index (χ1n) is 6.33. The fourth-order valence-corrected chi connectivity index (χ4v) is 1.73. The monoisotopic (exact) mass is 223 g/mol. The van der Waals surface area contributed by atoms with Crippen LogP contribution in [0.2, 0.25) is 0 Å². The summed E-state index contributed by atoms with van der Waals surface area (Å²) in [5, 5.41) is 3.47. The van der Waals surface area contributed by atoms with Crippen molar-refractivity contribution in [3.8, 4) is 0 Å². The molecule has 0 aromatic carbocycles. The number of nitrogens with one attached hydrogen (secondary N) is 1. The molecule has 0 atom stereocenters. The first-order valence-corrected chi connectivity index (χ1v) is 6.33. The number of hydrogen-bond acceptors (Lipinski definition) is 2. The van der Waals surface area contributed by atoms with Crippen molar-refractivity contribution in [2.24, 2.45) is 5.92 Å². The average molecular weight is 223 g/mol. The van der Waals surface area contributed by atoms with Crippen molar-refractivity contribution in [1.29, 1.82) is 0 Å². The molecule has 1 aromatic heterocycles. The molecule has 0 saturated carbocycles. The Morgan fingerprint density at radius 2 is 2.00 bits per heavy atom. The van der Waals surface area contributed by atoms with E-state index in [-0.39, 0.29) is 0 Å². The van der Waals surface area contributed by atoms with Crippen LogP contribution in [0, 0.1) is 5.92 Å².